The minimum atomic E-state index is 0.449. The molecule has 3 rings (SSSR count). The van der Waals surface area contributed by atoms with Gasteiger partial charge in [0.05, 0.1) is 6.26 Å². The van der Waals surface area contributed by atoms with Crippen molar-refractivity contribution in [2.45, 2.75) is 32.9 Å². The third-order valence-corrected chi connectivity index (χ3v) is 3.44. The quantitative estimate of drug-likeness (QED) is 0.573. The molecular weight excluding hydrogens is 268 g/mol. The molecule has 2 heterocycles. The van der Waals surface area contributed by atoms with Crippen LogP contribution in [0.3, 0.4) is 0 Å². The molecule has 21 heavy (non-hydrogen) atoms. The number of aromatic amines is 1. The van der Waals surface area contributed by atoms with Crippen molar-refractivity contribution in [2.75, 3.05) is 6.54 Å². The monoisotopic (exact) mass is 288 g/mol. The topological polar surface area (TPSA) is 91.1 Å². The molecule has 2 atom stereocenters. The van der Waals surface area contributed by atoms with Gasteiger partial charge < -0.3 is 15.1 Å². The maximum atomic E-state index is 5.26. The van der Waals surface area contributed by atoms with E-state index in [0.717, 1.165) is 18.4 Å². The van der Waals surface area contributed by atoms with Crippen LogP contribution >= 0.6 is 0 Å². The molecule has 2 aromatic heterocycles. The summed E-state index contributed by atoms with van der Waals surface area (Å²) in [5, 5.41) is 13.7. The maximum absolute atomic E-state index is 5.26. The summed E-state index contributed by atoms with van der Waals surface area (Å²) >= 11 is 0. The second-order valence-electron chi connectivity index (χ2n) is 5.24. The highest BCUT2D eigenvalue weighted by Crippen LogP contribution is 2.28. The van der Waals surface area contributed by atoms with E-state index in [1.54, 1.807) is 6.26 Å². The van der Waals surface area contributed by atoms with Crippen LogP contribution in [0, 0.1) is 5.92 Å². The van der Waals surface area contributed by atoms with E-state index in [1.165, 1.54) is 6.42 Å². The molecule has 0 saturated heterocycles. The third kappa shape index (κ3) is 3.42. The Labute approximate surface area is 123 Å². The SMILES string of the molecule is CCNC(=NCc1nc(-c2ccco2)n[nH]1)NC1CC1C. The number of H-pyrrole nitrogens is 1. The highest BCUT2D eigenvalue weighted by molar-refractivity contribution is 5.80. The maximum Gasteiger partial charge on any atom is 0.216 e. The van der Waals surface area contributed by atoms with Crippen molar-refractivity contribution in [2.24, 2.45) is 10.9 Å². The molecule has 112 valence electrons. The van der Waals surface area contributed by atoms with Crippen LogP contribution < -0.4 is 10.6 Å². The molecule has 7 nitrogen and oxygen atoms in total. The molecule has 1 aliphatic rings. The van der Waals surface area contributed by atoms with E-state index in [2.05, 4.69) is 44.7 Å². The van der Waals surface area contributed by atoms with Gasteiger partial charge in [-0.2, -0.15) is 0 Å². The Morgan fingerprint density at radius 2 is 2.43 bits per heavy atom. The van der Waals surface area contributed by atoms with Gasteiger partial charge in [0.25, 0.3) is 0 Å². The number of furan rings is 1. The number of rotatable bonds is 5. The van der Waals surface area contributed by atoms with Gasteiger partial charge in [-0.1, -0.05) is 6.92 Å². The fourth-order valence-electron chi connectivity index (χ4n) is 2.05. The van der Waals surface area contributed by atoms with Crippen molar-refractivity contribution in [1.82, 2.24) is 25.8 Å². The summed E-state index contributed by atoms with van der Waals surface area (Å²) in [4.78, 5) is 8.89. The average Bonchev–Trinajstić information content (AvgIpc) is 2.95. The summed E-state index contributed by atoms with van der Waals surface area (Å²) in [5.41, 5.74) is 0. The van der Waals surface area contributed by atoms with Crippen molar-refractivity contribution < 1.29 is 4.42 Å². The molecule has 1 fully saturated rings. The standard InChI is InChI=1S/C14H20N6O/c1-3-15-14(17-10-7-9(10)2)16-8-12-18-13(20-19-12)11-5-4-6-21-11/h4-6,9-10H,3,7-8H2,1-2H3,(H2,15,16,17)(H,18,19,20). The molecule has 0 amide bonds. The Kier molecular flexibility index (Phi) is 3.89. The lowest BCUT2D eigenvalue weighted by Gasteiger charge is -2.09. The van der Waals surface area contributed by atoms with Gasteiger partial charge in [0, 0.05) is 12.6 Å². The summed E-state index contributed by atoms with van der Waals surface area (Å²) in [5.74, 6) is 3.47. The molecule has 7 heteroatoms. The molecule has 0 aliphatic heterocycles. The summed E-state index contributed by atoms with van der Waals surface area (Å²) < 4.78 is 5.26. The lowest BCUT2D eigenvalue weighted by molar-refractivity contribution is 0.577. The minimum Gasteiger partial charge on any atom is -0.461 e. The van der Waals surface area contributed by atoms with Crippen LogP contribution in [0.2, 0.25) is 0 Å². The molecule has 2 aromatic rings. The summed E-state index contributed by atoms with van der Waals surface area (Å²) in [7, 11) is 0. The van der Waals surface area contributed by atoms with E-state index in [0.29, 0.717) is 30.0 Å². The molecule has 3 N–H and O–H groups in total. The number of hydrogen-bond donors (Lipinski definition) is 3. The van der Waals surface area contributed by atoms with Crippen molar-refractivity contribution >= 4 is 5.96 Å². The van der Waals surface area contributed by atoms with Crippen molar-refractivity contribution in [3.05, 3.63) is 24.2 Å². The molecule has 1 saturated carbocycles. The summed E-state index contributed by atoms with van der Waals surface area (Å²) in [6.07, 6.45) is 2.81. The Bertz CT molecular complexity index is 603. The van der Waals surface area contributed by atoms with Gasteiger partial charge in [0.1, 0.15) is 12.4 Å². The van der Waals surface area contributed by atoms with Gasteiger partial charge in [-0.3, -0.25) is 5.10 Å². The van der Waals surface area contributed by atoms with Gasteiger partial charge >= 0.3 is 0 Å². The normalized spacial score (nSPS) is 21.3. The molecule has 0 bridgehead atoms. The minimum absolute atomic E-state index is 0.449. The van der Waals surface area contributed by atoms with Crippen LogP contribution in [0.1, 0.15) is 26.1 Å². The first-order valence-corrected chi connectivity index (χ1v) is 7.26. The second kappa shape index (κ2) is 5.99. The largest absolute Gasteiger partial charge is 0.461 e. The van der Waals surface area contributed by atoms with E-state index >= 15 is 0 Å². The summed E-state index contributed by atoms with van der Waals surface area (Å²) in [6.45, 7) is 5.56. The zero-order valence-electron chi connectivity index (χ0n) is 12.3. The van der Waals surface area contributed by atoms with Crippen LogP contribution in [0.25, 0.3) is 11.6 Å². The predicted octanol–water partition coefficient (Wildman–Crippen LogP) is 1.53. The average molecular weight is 288 g/mol. The zero-order chi connectivity index (χ0) is 14.7. The molecule has 0 spiro atoms. The van der Waals surface area contributed by atoms with Crippen molar-refractivity contribution in [3.8, 4) is 11.6 Å². The number of aliphatic imine (C=N–C) groups is 1. The Hall–Kier alpha value is -2.31. The Balaban J connectivity index is 1.62. The predicted molar refractivity (Wildman–Crippen MR) is 79.6 cm³/mol. The van der Waals surface area contributed by atoms with E-state index in [-0.39, 0.29) is 0 Å². The van der Waals surface area contributed by atoms with Crippen molar-refractivity contribution in [1.29, 1.82) is 0 Å². The van der Waals surface area contributed by atoms with Gasteiger partial charge in [0.2, 0.25) is 5.82 Å². The van der Waals surface area contributed by atoms with Crippen molar-refractivity contribution in [3.63, 3.8) is 0 Å². The molecule has 0 aromatic carbocycles. The van der Waals surface area contributed by atoms with Gasteiger partial charge in [-0.25, -0.2) is 9.98 Å². The molecule has 2 unspecified atom stereocenters. The fraction of sp³-hybridized carbons (Fsp3) is 0.500. The first kappa shape index (κ1) is 13.7. The lowest BCUT2D eigenvalue weighted by atomic mass is 10.4. The van der Waals surface area contributed by atoms with Crippen LogP contribution in [0.15, 0.2) is 27.8 Å². The van der Waals surface area contributed by atoms with Crippen LogP contribution in [-0.2, 0) is 6.54 Å². The number of nitrogens with zero attached hydrogens (tertiary/aromatic N) is 3. The first-order valence-electron chi connectivity index (χ1n) is 7.26. The second-order valence-corrected chi connectivity index (χ2v) is 5.24. The lowest BCUT2D eigenvalue weighted by Crippen LogP contribution is -2.39. The number of nitrogens with one attached hydrogen (secondary N) is 3. The van der Waals surface area contributed by atoms with E-state index in [1.807, 2.05) is 12.1 Å². The Morgan fingerprint density at radius 1 is 1.57 bits per heavy atom. The molecular formula is C14H20N6O. The smallest absolute Gasteiger partial charge is 0.216 e. The zero-order valence-corrected chi connectivity index (χ0v) is 12.3. The van der Waals surface area contributed by atoms with Gasteiger partial charge in [-0.15, -0.1) is 5.10 Å². The molecule has 0 radical (unpaired) electrons. The van der Waals surface area contributed by atoms with E-state index in [9.17, 15) is 0 Å². The number of hydrogen-bond acceptors (Lipinski definition) is 4. The van der Waals surface area contributed by atoms with Crippen LogP contribution in [0.4, 0.5) is 0 Å². The van der Waals surface area contributed by atoms with Gasteiger partial charge in [0.15, 0.2) is 11.7 Å². The number of guanidine groups is 1. The number of aromatic nitrogens is 3. The van der Waals surface area contributed by atoms with Gasteiger partial charge in [-0.05, 0) is 31.4 Å². The third-order valence-electron chi connectivity index (χ3n) is 3.44. The highest BCUT2D eigenvalue weighted by Gasteiger charge is 2.33. The highest BCUT2D eigenvalue weighted by atomic mass is 16.3. The van der Waals surface area contributed by atoms with Crippen LogP contribution in [-0.4, -0.2) is 33.7 Å². The van der Waals surface area contributed by atoms with E-state index < -0.39 is 0 Å². The van der Waals surface area contributed by atoms with E-state index in [4.69, 9.17) is 4.42 Å². The van der Waals surface area contributed by atoms with Crippen LogP contribution in [0.5, 0.6) is 0 Å². The Morgan fingerprint density at radius 3 is 3.10 bits per heavy atom. The fourth-order valence-corrected chi connectivity index (χ4v) is 2.05. The first-order chi connectivity index (χ1) is 10.3. The molecule has 1 aliphatic carbocycles. The summed E-state index contributed by atoms with van der Waals surface area (Å²) in [6, 6.07) is 4.18.